The topological polar surface area (TPSA) is 81.8 Å². The van der Waals surface area contributed by atoms with E-state index in [4.69, 9.17) is 13.9 Å². The molecule has 31 heavy (non-hydrogen) atoms. The van der Waals surface area contributed by atoms with Gasteiger partial charge in [-0.05, 0) is 41.1 Å². The second kappa shape index (κ2) is 7.77. The van der Waals surface area contributed by atoms with E-state index in [-0.39, 0.29) is 18.1 Å². The first-order valence-corrected chi connectivity index (χ1v) is 10.4. The number of esters is 1. The van der Waals surface area contributed by atoms with Crippen LogP contribution < -0.4 is 4.74 Å². The van der Waals surface area contributed by atoms with Crippen molar-refractivity contribution in [2.75, 3.05) is 7.11 Å². The molecule has 5 aromatic rings. The van der Waals surface area contributed by atoms with Gasteiger partial charge in [-0.2, -0.15) is 0 Å². The summed E-state index contributed by atoms with van der Waals surface area (Å²) in [6, 6.07) is 18.5. The summed E-state index contributed by atoms with van der Waals surface area (Å²) < 4.78 is 16.3. The minimum absolute atomic E-state index is 0.0301. The van der Waals surface area contributed by atoms with Crippen molar-refractivity contribution >= 4 is 39.0 Å². The van der Waals surface area contributed by atoms with E-state index >= 15 is 0 Å². The SMILES string of the molecule is COc1cc(-c2nc(COC(=O)c3cc4c(ccc5ccccc54)o3)cs2)ccc1O. The number of aromatic nitrogens is 1. The van der Waals surface area contributed by atoms with Crippen LogP contribution in [0.2, 0.25) is 0 Å². The Labute approximate surface area is 181 Å². The summed E-state index contributed by atoms with van der Waals surface area (Å²) in [4.78, 5) is 17.0. The van der Waals surface area contributed by atoms with Gasteiger partial charge in [-0.25, -0.2) is 9.78 Å². The Bertz CT molecular complexity index is 1420. The number of benzene rings is 3. The van der Waals surface area contributed by atoms with Gasteiger partial charge in [0.1, 0.15) is 17.2 Å². The summed E-state index contributed by atoms with van der Waals surface area (Å²) in [6.07, 6.45) is 0. The summed E-state index contributed by atoms with van der Waals surface area (Å²) in [7, 11) is 1.49. The van der Waals surface area contributed by atoms with Gasteiger partial charge in [0.2, 0.25) is 5.76 Å². The Morgan fingerprint density at radius 1 is 1.10 bits per heavy atom. The second-order valence-corrected chi connectivity index (χ2v) is 7.77. The first kappa shape index (κ1) is 19.1. The Morgan fingerprint density at radius 2 is 1.97 bits per heavy atom. The molecule has 0 amide bonds. The molecule has 2 heterocycles. The molecule has 0 saturated heterocycles. The lowest BCUT2D eigenvalue weighted by Gasteiger charge is -2.04. The zero-order valence-corrected chi connectivity index (χ0v) is 17.3. The second-order valence-electron chi connectivity index (χ2n) is 6.92. The van der Waals surface area contributed by atoms with Gasteiger partial charge in [-0.15, -0.1) is 11.3 Å². The van der Waals surface area contributed by atoms with Crippen LogP contribution in [0.3, 0.4) is 0 Å². The Morgan fingerprint density at radius 3 is 2.84 bits per heavy atom. The van der Waals surface area contributed by atoms with E-state index in [0.29, 0.717) is 17.0 Å². The number of carbonyl (C=O) groups excluding carboxylic acids is 1. The molecular weight excluding hydrogens is 414 g/mol. The van der Waals surface area contributed by atoms with Crippen molar-refractivity contribution in [2.45, 2.75) is 6.61 Å². The molecule has 0 bridgehead atoms. The van der Waals surface area contributed by atoms with Gasteiger partial charge in [0.15, 0.2) is 11.5 Å². The fourth-order valence-electron chi connectivity index (χ4n) is 3.42. The van der Waals surface area contributed by atoms with Crippen molar-refractivity contribution in [1.82, 2.24) is 4.98 Å². The molecule has 1 N–H and O–H groups in total. The molecule has 0 saturated carbocycles. The first-order chi connectivity index (χ1) is 15.1. The smallest absolute Gasteiger partial charge is 0.374 e. The Hall–Kier alpha value is -3.84. The summed E-state index contributed by atoms with van der Waals surface area (Å²) in [6.45, 7) is 0.0301. The predicted molar refractivity (Wildman–Crippen MR) is 119 cm³/mol. The number of furan rings is 1. The average Bonchev–Trinajstić information content (AvgIpc) is 3.45. The van der Waals surface area contributed by atoms with Crippen LogP contribution in [-0.2, 0) is 11.3 Å². The fraction of sp³-hybridized carbons (Fsp3) is 0.0833. The molecule has 154 valence electrons. The molecule has 0 aliphatic carbocycles. The number of hydrogen-bond acceptors (Lipinski definition) is 7. The summed E-state index contributed by atoms with van der Waals surface area (Å²) in [5.41, 5.74) is 2.08. The van der Waals surface area contributed by atoms with Crippen LogP contribution >= 0.6 is 11.3 Å². The van der Waals surface area contributed by atoms with Crippen LogP contribution in [-0.4, -0.2) is 23.2 Å². The van der Waals surface area contributed by atoms with Gasteiger partial charge in [-0.1, -0.05) is 30.3 Å². The van der Waals surface area contributed by atoms with Crippen molar-refractivity contribution in [3.8, 4) is 22.1 Å². The number of aromatic hydroxyl groups is 1. The van der Waals surface area contributed by atoms with Crippen LogP contribution in [0.1, 0.15) is 16.2 Å². The number of fused-ring (bicyclic) bond motifs is 3. The molecule has 2 aromatic heterocycles. The number of phenolic OH excluding ortho intramolecular Hbond substituents is 1. The molecule has 0 atom stereocenters. The van der Waals surface area contributed by atoms with Crippen molar-refractivity contribution in [3.05, 3.63) is 77.5 Å². The fourth-order valence-corrected chi connectivity index (χ4v) is 4.22. The summed E-state index contributed by atoms with van der Waals surface area (Å²) in [5.74, 6) is 0.0554. The quantitative estimate of drug-likeness (QED) is 0.355. The van der Waals surface area contributed by atoms with E-state index in [1.54, 1.807) is 24.3 Å². The van der Waals surface area contributed by atoms with Crippen molar-refractivity contribution in [2.24, 2.45) is 0 Å². The van der Waals surface area contributed by atoms with E-state index in [1.165, 1.54) is 18.4 Å². The van der Waals surface area contributed by atoms with Crippen LogP contribution in [0, 0.1) is 0 Å². The number of nitrogens with zero attached hydrogens (tertiary/aromatic N) is 1. The maximum absolute atomic E-state index is 12.5. The molecular formula is C24H17NO5S. The van der Waals surface area contributed by atoms with Crippen molar-refractivity contribution in [3.63, 3.8) is 0 Å². The van der Waals surface area contributed by atoms with Gasteiger partial charge in [0.25, 0.3) is 0 Å². The number of hydrogen-bond donors (Lipinski definition) is 1. The van der Waals surface area contributed by atoms with Crippen molar-refractivity contribution < 1.29 is 23.8 Å². The van der Waals surface area contributed by atoms with E-state index < -0.39 is 5.97 Å². The predicted octanol–water partition coefficient (Wildman–Crippen LogP) is 5.78. The van der Waals surface area contributed by atoms with E-state index in [1.807, 2.05) is 41.8 Å². The lowest BCUT2D eigenvalue weighted by Crippen LogP contribution is -2.04. The van der Waals surface area contributed by atoms with E-state index in [2.05, 4.69) is 4.98 Å². The monoisotopic (exact) mass is 431 g/mol. The molecule has 0 aliphatic heterocycles. The van der Waals surface area contributed by atoms with Crippen molar-refractivity contribution in [1.29, 1.82) is 0 Å². The highest BCUT2D eigenvalue weighted by molar-refractivity contribution is 7.13. The van der Waals surface area contributed by atoms with Crippen LogP contribution in [0.15, 0.2) is 70.5 Å². The Kier molecular flexibility index (Phi) is 4.80. The minimum atomic E-state index is -0.541. The van der Waals surface area contributed by atoms with Gasteiger partial charge < -0.3 is 19.0 Å². The lowest BCUT2D eigenvalue weighted by atomic mass is 10.1. The molecule has 6 nitrogen and oxygen atoms in total. The molecule has 5 rings (SSSR count). The molecule has 0 spiro atoms. The zero-order chi connectivity index (χ0) is 21.4. The van der Waals surface area contributed by atoms with Crippen LogP contribution in [0.4, 0.5) is 0 Å². The summed E-state index contributed by atoms with van der Waals surface area (Å²) >= 11 is 1.42. The molecule has 3 aromatic carbocycles. The zero-order valence-electron chi connectivity index (χ0n) is 16.5. The largest absolute Gasteiger partial charge is 0.504 e. The highest BCUT2D eigenvalue weighted by Gasteiger charge is 2.16. The minimum Gasteiger partial charge on any atom is -0.504 e. The third-order valence-corrected chi connectivity index (χ3v) is 5.90. The third-order valence-electron chi connectivity index (χ3n) is 4.96. The number of phenols is 1. The van der Waals surface area contributed by atoms with E-state index in [9.17, 15) is 9.90 Å². The average molecular weight is 431 g/mol. The number of ether oxygens (including phenoxy) is 2. The molecule has 0 aliphatic rings. The summed E-state index contributed by atoms with van der Waals surface area (Å²) in [5, 5.41) is 15.3. The number of rotatable bonds is 5. The lowest BCUT2D eigenvalue weighted by molar-refractivity contribution is 0.0434. The Balaban J connectivity index is 1.33. The highest BCUT2D eigenvalue weighted by Crippen LogP contribution is 2.33. The van der Waals surface area contributed by atoms with Gasteiger partial charge in [0.05, 0.1) is 12.8 Å². The maximum atomic E-state index is 12.5. The normalized spacial score (nSPS) is 11.1. The number of methoxy groups -OCH3 is 1. The maximum Gasteiger partial charge on any atom is 0.374 e. The standard InChI is InChI=1S/C24H17NO5S/c1-28-21-10-15(6-8-19(21)26)23-25-16(13-31-23)12-29-24(27)22-11-18-17-5-3-2-4-14(17)7-9-20(18)30-22/h2-11,13,26H,12H2,1H3. The first-order valence-electron chi connectivity index (χ1n) is 9.52. The van der Waals surface area contributed by atoms with Gasteiger partial charge in [-0.3, -0.25) is 0 Å². The highest BCUT2D eigenvalue weighted by atomic mass is 32.1. The molecule has 0 fully saturated rings. The third kappa shape index (κ3) is 3.60. The molecule has 0 radical (unpaired) electrons. The number of carbonyl (C=O) groups is 1. The van der Waals surface area contributed by atoms with E-state index in [0.717, 1.165) is 26.7 Å². The van der Waals surface area contributed by atoms with Gasteiger partial charge in [0, 0.05) is 16.3 Å². The van der Waals surface area contributed by atoms with Crippen LogP contribution in [0.5, 0.6) is 11.5 Å². The molecule has 0 unspecified atom stereocenters. The van der Waals surface area contributed by atoms with Gasteiger partial charge >= 0.3 is 5.97 Å². The number of thiazole rings is 1. The molecule has 7 heteroatoms. The van der Waals surface area contributed by atoms with Crippen LogP contribution in [0.25, 0.3) is 32.3 Å².